The normalized spacial score (nSPS) is 15.2. The number of hydrogen-bond donors (Lipinski definition) is 2. The van der Waals surface area contributed by atoms with Gasteiger partial charge in [0.2, 0.25) is 0 Å². The molecule has 2 aromatic carbocycles. The maximum absolute atomic E-state index is 12.4. The molecule has 0 heterocycles. The van der Waals surface area contributed by atoms with Gasteiger partial charge in [-0.25, -0.2) is 8.42 Å². The Bertz CT molecular complexity index is 882. The van der Waals surface area contributed by atoms with E-state index in [1.807, 2.05) is 12.1 Å². The van der Waals surface area contributed by atoms with Crippen molar-refractivity contribution in [2.45, 2.75) is 36.5 Å². The Kier molecular flexibility index (Phi) is 4.81. The Balaban J connectivity index is 1.76. The van der Waals surface area contributed by atoms with Crippen LogP contribution in [-0.2, 0) is 9.84 Å². The van der Waals surface area contributed by atoms with Crippen molar-refractivity contribution in [2.24, 2.45) is 0 Å². The summed E-state index contributed by atoms with van der Waals surface area (Å²) in [5.41, 5.74) is 2.09. The van der Waals surface area contributed by atoms with Gasteiger partial charge in [-0.15, -0.1) is 0 Å². The maximum atomic E-state index is 12.4. The van der Waals surface area contributed by atoms with Gasteiger partial charge in [-0.1, -0.05) is 25.0 Å². The van der Waals surface area contributed by atoms with Gasteiger partial charge in [0.05, 0.1) is 0 Å². The summed E-state index contributed by atoms with van der Waals surface area (Å²) in [7, 11) is -3.57. The first-order chi connectivity index (χ1) is 11.8. The van der Waals surface area contributed by atoms with Crippen molar-refractivity contribution in [3.8, 4) is 5.75 Å². The number of benzene rings is 2. The van der Waals surface area contributed by atoms with Crippen LogP contribution < -0.4 is 5.32 Å². The lowest BCUT2D eigenvalue weighted by Gasteiger charge is -2.11. The minimum Gasteiger partial charge on any atom is -0.507 e. The van der Waals surface area contributed by atoms with E-state index in [2.05, 4.69) is 5.32 Å². The molecular formula is C19H21NO4S. The van der Waals surface area contributed by atoms with Crippen LogP contribution >= 0.6 is 0 Å². The third-order valence-electron chi connectivity index (χ3n) is 4.62. The van der Waals surface area contributed by atoms with Gasteiger partial charge < -0.3 is 10.4 Å². The summed E-state index contributed by atoms with van der Waals surface area (Å²) < 4.78 is 23.3. The van der Waals surface area contributed by atoms with Crippen LogP contribution in [-0.4, -0.2) is 25.7 Å². The Labute approximate surface area is 147 Å². The molecule has 1 saturated carbocycles. The van der Waals surface area contributed by atoms with Gasteiger partial charge in [0.1, 0.15) is 10.6 Å². The number of rotatable bonds is 4. The fourth-order valence-corrected chi connectivity index (χ4v) is 4.05. The van der Waals surface area contributed by atoms with Crippen molar-refractivity contribution < 1.29 is 18.3 Å². The van der Waals surface area contributed by atoms with Crippen molar-refractivity contribution in [1.29, 1.82) is 0 Å². The molecule has 0 spiro atoms. The minimum absolute atomic E-state index is 0.207. The Morgan fingerprint density at radius 2 is 1.72 bits per heavy atom. The summed E-state index contributed by atoms with van der Waals surface area (Å²) >= 11 is 0. The highest BCUT2D eigenvalue weighted by atomic mass is 32.2. The smallest absolute Gasteiger partial charge is 0.255 e. The van der Waals surface area contributed by atoms with Crippen LogP contribution in [0.2, 0.25) is 0 Å². The molecule has 132 valence electrons. The topological polar surface area (TPSA) is 83.5 Å². The van der Waals surface area contributed by atoms with Crippen LogP contribution in [0.1, 0.15) is 47.5 Å². The molecule has 2 N–H and O–H groups in total. The van der Waals surface area contributed by atoms with Gasteiger partial charge in [-0.05, 0) is 54.7 Å². The van der Waals surface area contributed by atoms with E-state index in [-0.39, 0.29) is 16.6 Å². The highest BCUT2D eigenvalue weighted by Crippen LogP contribution is 2.34. The zero-order valence-electron chi connectivity index (χ0n) is 14.0. The van der Waals surface area contributed by atoms with Gasteiger partial charge in [0, 0.05) is 17.5 Å². The molecule has 1 aliphatic rings. The minimum atomic E-state index is -3.57. The number of carbonyl (C=O) groups excluding carboxylic acids is 1. The summed E-state index contributed by atoms with van der Waals surface area (Å²) in [6, 6.07) is 11.6. The van der Waals surface area contributed by atoms with Gasteiger partial charge in [0.15, 0.2) is 9.84 Å². The molecule has 1 fully saturated rings. The molecule has 0 saturated heterocycles. The summed E-state index contributed by atoms with van der Waals surface area (Å²) in [5, 5.41) is 12.3. The van der Waals surface area contributed by atoms with Crippen LogP contribution in [0.25, 0.3) is 0 Å². The van der Waals surface area contributed by atoms with E-state index < -0.39 is 9.84 Å². The highest BCUT2D eigenvalue weighted by Gasteiger charge is 2.18. The Hall–Kier alpha value is -2.34. The zero-order valence-corrected chi connectivity index (χ0v) is 14.8. The standard InChI is InChI=1S/C19H21NO4S/c1-25(23,24)18-12-16(10-11-17(18)21)20-19(22)15-8-6-14(7-9-15)13-4-2-3-5-13/h6-13,21H,2-5H2,1H3,(H,20,22). The van der Waals surface area contributed by atoms with Crippen LogP contribution in [0.5, 0.6) is 5.75 Å². The Morgan fingerprint density at radius 3 is 2.32 bits per heavy atom. The second-order valence-corrected chi connectivity index (χ2v) is 8.50. The monoisotopic (exact) mass is 359 g/mol. The molecule has 1 aliphatic carbocycles. The number of phenolic OH excluding ortho intramolecular Hbond substituents is 1. The molecule has 2 aromatic rings. The molecule has 0 aromatic heterocycles. The zero-order chi connectivity index (χ0) is 18.0. The van der Waals surface area contributed by atoms with Crippen LogP contribution in [0.4, 0.5) is 5.69 Å². The largest absolute Gasteiger partial charge is 0.507 e. The summed E-state index contributed by atoms with van der Waals surface area (Å²) in [6.45, 7) is 0. The average Bonchev–Trinajstić information content (AvgIpc) is 3.10. The molecule has 1 amide bonds. The number of anilines is 1. The number of amides is 1. The summed E-state index contributed by atoms with van der Waals surface area (Å²) in [6.07, 6.45) is 5.93. The SMILES string of the molecule is CS(=O)(=O)c1cc(NC(=O)c2ccc(C3CCCC3)cc2)ccc1O. The maximum Gasteiger partial charge on any atom is 0.255 e. The first-order valence-electron chi connectivity index (χ1n) is 8.29. The molecule has 0 radical (unpaired) electrons. The molecule has 0 atom stereocenters. The van der Waals surface area contributed by atoms with Crippen LogP contribution in [0.15, 0.2) is 47.4 Å². The van der Waals surface area contributed by atoms with E-state index >= 15 is 0 Å². The highest BCUT2D eigenvalue weighted by molar-refractivity contribution is 7.90. The number of nitrogens with one attached hydrogen (secondary N) is 1. The van der Waals surface area contributed by atoms with Crippen molar-refractivity contribution in [3.63, 3.8) is 0 Å². The van der Waals surface area contributed by atoms with Gasteiger partial charge >= 0.3 is 0 Å². The van der Waals surface area contributed by atoms with Crippen LogP contribution in [0, 0.1) is 0 Å². The van der Waals surface area contributed by atoms with Crippen molar-refractivity contribution in [1.82, 2.24) is 0 Å². The van der Waals surface area contributed by atoms with Gasteiger partial charge in [-0.2, -0.15) is 0 Å². The Morgan fingerprint density at radius 1 is 1.08 bits per heavy atom. The first kappa shape index (κ1) is 17.5. The molecule has 0 aliphatic heterocycles. The number of sulfone groups is 1. The third-order valence-corrected chi connectivity index (χ3v) is 5.74. The molecule has 5 nitrogen and oxygen atoms in total. The summed E-state index contributed by atoms with van der Waals surface area (Å²) in [5.74, 6) is -0.0592. The fourth-order valence-electron chi connectivity index (χ4n) is 3.26. The lowest BCUT2D eigenvalue weighted by atomic mass is 9.96. The molecule has 25 heavy (non-hydrogen) atoms. The first-order valence-corrected chi connectivity index (χ1v) is 10.2. The molecule has 0 unspecified atom stereocenters. The quantitative estimate of drug-likeness (QED) is 0.815. The summed E-state index contributed by atoms with van der Waals surface area (Å²) in [4.78, 5) is 12.2. The number of carbonyl (C=O) groups is 1. The molecule has 0 bridgehead atoms. The molecule has 6 heteroatoms. The number of hydrogen-bond acceptors (Lipinski definition) is 4. The predicted octanol–water partition coefficient (Wildman–Crippen LogP) is 3.71. The second kappa shape index (κ2) is 6.88. The predicted molar refractivity (Wildman–Crippen MR) is 96.8 cm³/mol. The number of aromatic hydroxyl groups is 1. The van der Waals surface area contributed by atoms with E-state index in [9.17, 15) is 18.3 Å². The van der Waals surface area contributed by atoms with Crippen molar-refractivity contribution >= 4 is 21.4 Å². The van der Waals surface area contributed by atoms with Crippen molar-refractivity contribution in [3.05, 3.63) is 53.6 Å². The van der Waals surface area contributed by atoms with E-state index in [0.717, 1.165) is 6.26 Å². The fraction of sp³-hybridized carbons (Fsp3) is 0.316. The molecular weight excluding hydrogens is 338 g/mol. The van der Waals surface area contributed by atoms with Gasteiger partial charge in [-0.3, -0.25) is 4.79 Å². The molecule has 3 rings (SSSR count). The van der Waals surface area contributed by atoms with Gasteiger partial charge in [0.25, 0.3) is 5.91 Å². The lowest BCUT2D eigenvalue weighted by Crippen LogP contribution is -2.12. The second-order valence-electron chi connectivity index (χ2n) is 6.51. The third kappa shape index (κ3) is 4.02. The van der Waals surface area contributed by atoms with E-state index in [0.29, 0.717) is 17.2 Å². The van der Waals surface area contributed by atoms with E-state index in [4.69, 9.17) is 0 Å². The van der Waals surface area contributed by atoms with Crippen LogP contribution in [0.3, 0.4) is 0 Å². The number of phenols is 1. The average molecular weight is 359 g/mol. The lowest BCUT2D eigenvalue weighted by molar-refractivity contribution is 0.102. The van der Waals surface area contributed by atoms with E-state index in [1.54, 1.807) is 12.1 Å². The van der Waals surface area contributed by atoms with Crippen molar-refractivity contribution in [2.75, 3.05) is 11.6 Å². The van der Waals surface area contributed by atoms with E-state index in [1.165, 1.54) is 49.4 Å².